The summed E-state index contributed by atoms with van der Waals surface area (Å²) in [5.41, 5.74) is 8.94. The predicted octanol–water partition coefficient (Wildman–Crippen LogP) is 4.62. The Kier molecular flexibility index (Phi) is 10.3. The van der Waals surface area contributed by atoms with Gasteiger partial charge in [0.2, 0.25) is 0 Å². The molecule has 31 heavy (non-hydrogen) atoms. The second-order valence-electron chi connectivity index (χ2n) is 6.42. The van der Waals surface area contributed by atoms with Gasteiger partial charge in [0.1, 0.15) is 11.5 Å². The number of hydrogen-bond acceptors (Lipinski definition) is 5. The van der Waals surface area contributed by atoms with Gasteiger partial charge in [-0.05, 0) is 35.4 Å². The van der Waals surface area contributed by atoms with Crippen molar-refractivity contribution in [3.8, 4) is 11.5 Å². The Labute approximate surface area is 192 Å². The van der Waals surface area contributed by atoms with Gasteiger partial charge in [-0.15, -0.1) is 5.10 Å². The number of nitrogens with two attached hydrogens (primary N) is 1. The molecule has 2 aromatic rings. The topological polar surface area (TPSA) is 81.2 Å². The maximum atomic E-state index is 6.18. The lowest BCUT2D eigenvalue weighted by Gasteiger charge is -2.11. The average Bonchev–Trinajstić information content (AvgIpc) is 2.77. The highest BCUT2D eigenvalue weighted by Gasteiger charge is 2.05. The van der Waals surface area contributed by atoms with Crippen LogP contribution in [0.1, 0.15) is 11.1 Å². The van der Waals surface area contributed by atoms with Crippen molar-refractivity contribution in [2.24, 2.45) is 15.9 Å². The van der Waals surface area contributed by atoms with E-state index >= 15 is 0 Å². The summed E-state index contributed by atoms with van der Waals surface area (Å²) in [6.45, 7) is 4.79. The Morgan fingerprint density at radius 3 is 2.52 bits per heavy atom. The van der Waals surface area contributed by atoms with Gasteiger partial charge in [0.05, 0.1) is 20.4 Å². The summed E-state index contributed by atoms with van der Waals surface area (Å²) in [5.74, 6) is 1.81. The molecule has 0 aliphatic rings. The molecule has 0 unspecified atom stereocenters. The average molecular weight is 483 g/mol. The van der Waals surface area contributed by atoms with Crippen molar-refractivity contribution in [2.75, 3.05) is 20.8 Å². The first-order valence-electron chi connectivity index (χ1n) is 9.59. The number of rotatable bonds is 11. The number of benzene rings is 2. The zero-order valence-corrected chi connectivity index (χ0v) is 19.3. The maximum Gasteiger partial charge on any atom is 0.150 e. The summed E-state index contributed by atoms with van der Waals surface area (Å²) < 4.78 is 11.6. The number of amidine groups is 1. The summed E-state index contributed by atoms with van der Waals surface area (Å²) in [4.78, 5) is 0. The fourth-order valence-electron chi connectivity index (χ4n) is 2.60. The molecular formula is C24H27BrN4O2. The van der Waals surface area contributed by atoms with Crippen LogP contribution in [-0.2, 0) is 6.54 Å². The van der Waals surface area contributed by atoms with Gasteiger partial charge in [0.25, 0.3) is 0 Å². The summed E-state index contributed by atoms with van der Waals surface area (Å²) in [7, 11) is 3.26. The standard InChI is InChI=1S/C24H27BrN4O2/c1-4-5-6-9-20(24(26)29-28-16-18-8-7-10-21(25)11-18)17-27-15-19-12-22(30-2)14-23(13-19)31-3/h4-14,16,27H,1,15,17H2,2-3H3,(H2,26,29)/b6-5-,20-9+,28-16+. The number of hydrogen-bond donors (Lipinski definition) is 2. The van der Waals surface area contributed by atoms with Crippen LogP contribution in [0, 0.1) is 0 Å². The maximum absolute atomic E-state index is 6.18. The molecular weight excluding hydrogens is 456 g/mol. The molecule has 0 amide bonds. The highest BCUT2D eigenvalue weighted by atomic mass is 79.9. The Morgan fingerprint density at radius 1 is 1.13 bits per heavy atom. The highest BCUT2D eigenvalue weighted by molar-refractivity contribution is 9.10. The summed E-state index contributed by atoms with van der Waals surface area (Å²) in [5, 5.41) is 11.6. The van der Waals surface area contributed by atoms with Crippen LogP contribution >= 0.6 is 15.9 Å². The van der Waals surface area contributed by atoms with E-state index in [2.05, 4.69) is 38.0 Å². The van der Waals surface area contributed by atoms with Crippen molar-refractivity contribution in [3.63, 3.8) is 0 Å². The molecule has 0 bridgehead atoms. The Balaban J connectivity index is 2.08. The Hall–Kier alpha value is -3.16. The van der Waals surface area contributed by atoms with E-state index in [0.717, 1.165) is 32.7 Å². The molecule has 162 valence electrons. The molecule has 0 fully saturated rings. The van der Waals surface area contributed by atoms with E-state index in [-0.39, 0.29) is 0 Å². The molecule has 0 atom stereocenters. The lowest BCUT2D eigenvalue weighted by molar-refractivity contribution is 0.393. The van der Waals surface area contributed by atoms with Crippen molar-refractivity contribution in [3.05, 3.63) is 94.5 Å². The second kappa shape index (κ2) is 13.2. The van der Waals surface area contributed by atoms with Crippen molar-refractivity contribution in [2.45, 2.75) is 6.54 Å². The number of nitrogens with zero attached hydrogens (tertiary/aromatic N) is 2. The van der Waals surface area contributed by atoms with Crippen LogP contribution in [0.4, 0.5) is 0 Å². The van der Waals surface area contributed by atoms with Crippen LogP contribution in [-0.4, -0.2) is 32.8 Å². The van der Waals surface area contributed by atoms with E-state index in [1.165, 1.54) is 0 Å². The third-order valence-electron chi connectivity index (χ3n) is 4.15. The number of allylic oxidation sites excluding steroid dienone is 4. The first-order valence-corrected chi connectivity index (χ1v) is 10.4. The zero-order valence-electron chi connectivity index (χ0n) is 17.7. The highest BCUT2D eigenvalue weighted by Crippen LogP contribution is 2.22. The normalized spacial score (nSPS) is 12.5. The minimum atomic E-state index is 0.329. The van der Waals surface area contributed by atoms with Crippen LogP contribution in [0.15, 0.2) is 93.6 Å². The largest absolute Gasteiger partial charge is 0.497 e. The molecule has 0 saturated carbocycles. The van der Waals surface area contributed by atoms with E-state index in [0.29, 0.717) is 18.9 Å². The van der Waals surface area contributed by atoms with Gasteiger partial charge < -0.3 is 20.5 Å². The lowest BCUT2D eigenvalue weighted by atomic mass is 10.1. The third-order valence-corrected chi connectivity index (χ3v) is 4.64. The molecule has 0 saturated heterocycles. The van der Waals surface area contributed by atoms with Crippen LogP contribution in [0.2, 0.25) is 0 Å². The van der Waals surface area contributed by atoms with Gasteiger partial charge >= 0.3 is 0 Å². The van der Waals surface area contributed by atoms with Crippen LogP contribution < -0.4 is 20.5 Å². The molecule has 3 N–H and O–H groups in total. The Bertz CT molecular complexity index is 975. The Morgan fingerprint density at radius 2 is 1.87 bits per heavy atom. The lowest BCUT2D eigenvalue weighted by Crippen LogP contribution is -2.25. The molecule has 0 heterocycles. The first-order chi connectivity index (χ1) is 15.0. The van der Waals surface area contributed by atoms with Gasteiger partial charge in [0, 0.05) is 29.2 Å². The van der Waals surface area contributed by atoms with Crippen LogP contribution in [0.3, 0.4) is 0 Å². The minimum absolute atomic E-state index is 0.329. The van der Waals surface area contributed by atoms with Crippen molar-refractivity contribution in [1.82, 2.24) is 5.32 Å². The minimum Gasteiger partial charge on any atom is -0.497 e. The molecule has 2 rings (SSSR count). The summed E-state index contributed by atoms with van der Waals surface area (Å²) >= 11 is 3.44. The van der Waals surface area contributed by atoms with E-state index in [1.54, 1.807) is 26.5 Å². The smallest absolute Gasteiger partial charge is 0.150 e. The molecule has 0 aliphatic heterocycles. The predicted molar refractivity (Wildman–Crippen MR) is 132 cm³/mol. The number of halogens is 1. The number of methoxy groups -OCH3 is 2. The molecule has 6 nitrogen and oxygen atoms in total. The third kappa shape index (κ3) is 8.62. The van der Waals surface area contributed by atoms with Crippen LogP contribution in [0.5, 0.6) is 11.5 Å². The second-order valence-corrected chi connectivity index (χ2v) is 7.34. The fourth-order valence-corrected chi connectivity index (χ4v) is 3.02. The van der Waals surface area contributed by atoms with Gasteiger partial charge in [-0.2, -0.15) is 5.10 Å². The van der Waals surface area contributed by atoms with E-state index in [9.17, 15) is 0 Å². The molecule has 2 aromatic carbocycles. The van der Waals surface area contributed by atoms with E-state index in [1.807, 2.05) is 60.7 Å². The first kappa shape index (κ1) is 24.1. The van der Waals surface area contributed by atoms with Gasteiger partial charge in [-0.3, -0.25) is 0 Å². The molecule has 0 spiro atoms. The van der Waals surface area contributed by atoms with Gasteiger partial charge in [0.15, 0.2) is 5.84 Å². The van der Waals surface area contributed by atoms with E-state index in [4.69, 9.17) is 15.2 Å². The monoisotopic (exact) mass is 482 g/mol. The summed E-state index contributed by atoms with van der Waals surface area (Å²) in [6, 6.07) is 13.5. The van der Waals surface area contributed by atoms with E-state index < -0.39 is 0 Å². The summed E-state index contributed by atoms with van der Waals surface area (Å²) in [6.07, 6.45) is 8.92. The molecule has 0 aliphatic carbocycles. The zero-order chi connectivity index (χ0) is 22.5. The quantitative estimate of drug-likeness (QED) is 0.212. The number of nitrogens with one attached hydrogen (secondary N) is 1. The SMILES string of the molecule is C=C\C=C/C=C(CNCc1cc(OC)cc(OC)c1)/C(N)=N/N=C/c1cccc(Br)c1. The fraction of sp³-hybridized carbons (Fsp3) is 0.167. The van der Waals surface area contributed by atoms with Crippen molar-refractivity contribution < 1.29 is 9.47 Å². The molecule has 0 aromatic heterocycles. The van der Waals surface area contributed by atoms with Gasteiger partial charge in [-0.25, -0.2) is 0 Å². The molecule has 7 heteroatoms. The number of ether oxygens (including phenoxy) is 2. The van der Waals surface area contributed by atoms with Crippen LogP contribution in [0.25, 0.3) is 0 Å². The van der Waals surface area contributed by atoms with Gasteiger partial charge in [-0.1, -0.05) is 58.9 Å². The van der Waals surface area contributed by atoms with Crippen molar-refractivity contribution in [1.29, 1.82) is 0 Å². The molecule has 0 radical (unpaired) electrons. The van der Waals surface area contributed by atoms with Crippen molar-refractivity contribution >= 4 is 28.0 Å².